The molecule has 2 rings (SSSR count). The number of hydrogen-bond donors (Lipinski definition) is 1. The van der Waals surface area contributed by atoms with Gasteiger partial charge < -0.3 is 5.73 Å². The van der Waals surface area contributed by atoms with Crippen LogP contribution in [0.3, 0.4) is 0 Å². The topological polar surface area (TPSA) is 107 Å². The van der Waals surface area contributed by atoms with Crippen LogP contribution in [0.15, 0.2) is 29.2 Å². The zero-order chi connectivity index (χ0) is 13.3. The third-order valence-corrected chi connectivity index (χ3v) is 3.54. The molecular weight excluding hydrogens is 260 g/mol. The number of nitrogens with two attached hydrogens (primary N) is 1. The van der Waals surface area contributed by atoms with Crippen molar-refractivity contribution in [2.24, 2.45) is 0 Å². The highest BCUT2D eigenvalue weighted by atomic mass is 32.2. The van der Waals surface area contributed by atoms with Gasteiger partial charge in [-0.1, -0.05) is 0 Å². The van der Waals surface area contributed by atoms with E-state index in [1.165, 1.54) is 24.3 Å². The SMILES string of the molecule is Nc1ccc(S(=O)(=O)ON2C(=O)CCC2=O)cc1. The summed E-state index contributed by atoms with van der Waals surface area (Å²) in [6.07, 6.45) is -0.0911. The van der Waals surface area contributed by atoms with Crippen molar-refractivity contribution in [1.29, 1.82) is 0 Å². The van der Waals surface area contributed by atoms with Crippen LogP contribution >= 0.6 is 0 Å². The molecule has 0 spiro atoms. The molecule has 2 amide bonds. The Morgan fingerprint density at radius 2 is 1.56 bits per heavy atom. The van der Waals surface area contributed by atoms with Gasteiger partial charge >= 0.3 is 10.1 Å². The fourth-order valence-corrected chi connectivity index (χ4v) is 2.33. The summed E-state index contributed by atoms with van der Waals surface area (Å²) in [6, 6.07) is 5.22. The highest BCUT2D eigenvalue weighted by Gasteiger charge is 2.34. The standard InChI is InChI=1S/C10H10N2O5S/c11-7-1-3-8(4-2-7)18(15,16)17-12-9(13)5-6-10(12)14/h1-4H,5-6,11H2. The predicted molar refractivity (Wildman–Crippen MR) is 60.2 cm³/mol. The lowest BCUT2D eigenvalue weighted by atomic mass is 10.3. The molecule has 1 aliphatic rings. The van der Waals surface area contributed by atoms with Crippen molar-refractivity contribution in [3.8, 4) is 0 Å². The molecule has 1 aromatic rings. The number of amides is 2. The van der Waals surface area contributed by atoms with Gasteiger partial charge in [0, 0.05) is 18.5 Å². The van der Waals surface area contributed by atoms with Crippen molar-refractivity contribution in [2.75, 3.05) is 5.73 Å². The molecule has 2 N–H and O–H groups in total. The number of hydrogen-bond acceptors (Lipinski definition) is 6. The van der Waals surface area contributed by atoms with E-state index in [2.05, 4.69) is 4.28 Å². The Balaban J connectivity index is 2.24. The summed E-state index contributed by atoms with van der Waals surface area (Å²) >= 11 is 0. The normalized spacial score (nSPS) is 16.3. The summed E-state index contributed by atoms with van der Waals surface area (Å²) in [5.74, 6) is -1.34. The Morgan fingerprint density at radius 3 is 2.06 bits per heavy atom. The first-order valence-corrected chi connectivity index (χ1v) is 6.47. The van der Waals surface area contributed by atoms with E-state index in [0.717, 1.165) is 0 Å². The van der Waals surface area contributed by atoms with Gasteiger partial charge in [-0.15, -0.1) is 9.35 Å². The molecule has 1 heterocycles. The quantitative estimate of drug-likeness (QED) is 0.613. The molecule has 1 aromatic carbocycles. The fourth-order valence-electron chi connectivity index (χ4n) is 1.41. The molecule has 0 atom stereocenters. The molecule has 1 aliphatic heterocycles. The molecule has 0 unspecified atom stereocenters. The van der Waals surface area contributed by atoms with Crippen molar-refractivity contribution >= 4 is 27.6 Å². The lowest BCUT2D eigenvalue weighted by Gasteiger charge is -2.12. The summed E-state index contributed by atoms with van der Waals surface area (Å²) in [4.78, 5) is 22.3. The third kappa shape index (κ3) is 2.34. The van der Waals surface area contributed by atoms with Crippen molar-refractivity contribution < 1.29 is 22.3 Å². The minimum atomic E-state index is -4.20. The van der Waals surface area contributed by atoms with E-state index in [9.17, 15) is 18.0 Å². The Labute approximate surface area is 103 Å². The van der Waals surface area contributed by atoms with Gasteiger partial charge in [-0.25, -0.2) is 0 Å². The van der Waals surface area contributed by atoms with Gasteiger partial charge in [0.25, 0.3) is 11.8 Å². The van der Waals surface area contributed by atoms with Crippen LogP contribution in [0.5, 0.6) is 0 Å². The second-order valence-electron chi connectivity index (χ2n) is 3.68. The van der Waals surface area contributed by atoms with Crippen LogP contribution in [0.25, 0.3) is 0 Å². The smallest absolute Gasteiger partial charge is 0.318 e. The predicted octanol–water partition coefficient (Wildman–Crippen LogP) is 0.0381. The van der Waals surface area contributed by atoms with Crippen LogP contribution in [0.1, 0.15) is 12.8 Å². The largest absolute Gasteiger partial charge is 0.399 e. The van der Waals surface area contributed by atoms with Crippen LogP contribution in [-0.2, 0) is 24.0 Å². The maximum Gasteiger partial charge on any atom is 0.318 e. The lowest BCUT2D eigenvalue weighted by molar-refractivity contribution is -0.163. The van der Waals surface area contributed by atoms with Gasteiger partial charge in [-0.05, 0) is 24.3 Å². The van der Waals surface area contributed by atoms with E-state index < -0.39 is 21.9 Å². The van der Waals surface area contributed by atoms with E-state index in [4.69, 9.17) is 5.73 Å². The summed E-state index contributed by atoms with van der Waals surface area (Å²) in [5, 5.41) is 0.283. The molecule has 0 bridgehead atoms. The van der Waals surface area contributed by atoms with Crippen LogP contribution in [0.2, 0.25) is 0 Å². The fraction of sp³-hybridized carbons (Fsp3) is 0.200. The van der Waals surface area contributed by atoms with Crippen molar-refractivity contribution in [3.63, 3.8) is 0 Å². The van der Waals surface area contributed by atoms with Gasteiger partial charge in [-0.3, -0.25) is 9.59 Å². The number of carbonyl (C=O) groups excluding carboxylic acids is 2. The number of imide groups is 1. The van der Waals surface area contributed by atoms with Crippen LogP contribution in [0.4, 0.5) is 5.69 Å². The molecule has 0 aliphatic carbocycles. The number of anilines is 1. The van der Waals surface area contributed by atoms with Crippen LogP contribution in [-0.4, -0.2) is 25.3 Å². The van der Waals surface area contributed by atoms with E-state index in [1.54, 1.807) is 0 Å². The average molecular weight is 270 g/mol. The monoisotopic (exact) mass is 270 g/mol. The van der Waals surface area contributed by atoms with Crippen molar-refractivity contribution in [1.82, 2.24) is 5.06 Å². The number of nitrogen functional groups attached to an aromatic ring is 1. The second kappa shape index (κ2) is 4.39. The molecule has 96 valence electrons. The summed E-state index contributed by atoms with van der Waals surface area (Å²) in [6.45, 7) is 0. The maximum atomic E-state index is 11.8. The molecule has 18 heavy (non-hydrogen) atoms. The van der Waals surface area contributed by atoms with Crippen LogP contribution < -0.4 is 5.73 Å². The maximum absolute atomic E-state index is 11.8. The van der Waals surface area contributed by atoms with Gasteiger partial charge in [0.2, 0.25) is 0 Å². The van der Waals surface area contributed by atoms with E-state index in [0.29, 0.717) is 5.69 Å². The number of nitrogens with zero attached hydrogens (tertiary/aromatic N) is 1. The summed E-state index contributed by atoms with van der Waals surface area (Å²) < 4.78 is 28.1. The molecule has 0 aromatic heterocycles. The highest BCUT2D eigenvalue weighted by Crippen LogP contribution is 2.20. The van der Waals surface area contributed by atoms with Gasteiger partial charge in [0.05, 0.1) is 4.90 Å². The van der Waals surface area contributed by atoms with E-state index in [1.807, 2.05) is 0 Å². The van der Waals surface area contributed by atoms with Gasteiger partial charge in [0.1, 0.15) is 0 Å². The molecule has 1 saturated heterocycles. The zero-order valence-corrected chi connectivity index (χ0v) is 10.0. The minimum Gasteiger partial charge on any atom is -0.399 e. The molecule has 8 heteroatoms. The second-order valence-corrected chi connectivity index (χ2v) is 5.21. The first-order chi connectivity index (χ1) is 8.40. The van der Waals surface area contributed by atoms with Crippen molar-refractivity contribution in [2.45, 2.75) is 17.7 Å². The van der Waals surface area contributed by atoms with Crippen molar-refractivity contribution in [3.05, 3.63) is 24.3 Å². The Bertz CT molecular complexity index is 577. The lowest BCUT2D eigenvalue weighted by Crippen LogP contribution is -2.32. The Hall–Kier alpha value is -1.93. The number of hydroxylamine groups is 2. The Morgan fingerprint density at radius 1 is 1.06 bits per heavy atom. The van der Waals surface area contributed by atoms with E-state index >= 15 is 0 Å². The molecule has 0 saturated carbocycles. The summed E-state index contributed by atoms with van der Waals surface area (Å²) in [7, 11) is -4.20. The van der Waals surface area contributed by atoms with Crippen LogP contribution in [0, 0.1) is 0 Å². The molecule has 1 fully saturated rings. The average Bonchev–Trinajstić information content (AvgIpc) is 2.61. The number of rotatable bonds is 3. The zero-order valence-electron chi connectivity index (χ0n) is 9.20. The number of benzene rings is 1. The molecule has 7 nitrogen and oxygen atoms in total. The van der Waals surface area contributed by atoms with Gasteiger partial charge in [-0.2, -0.15) is 8.42 Å². The number of carbonyl (C=O) groups is 2. The third-order valence-electron chi connectivity index (χ3n) is 2.35. The Kier molecular flexibility index (Phi) is 3.05. The first kappa shape index (κ1) is 12.5. The molecular formula is C10H10N2O5S. The minimum absolute atomic E-state index is 0.0455. The molecule has 0 radical (unpaired) electrons. The first-order valence-electron chi connectivity index (χ1n) is 5.06. The highest BCUT2D eigenvalue weighted by molar-refractivity contribution is 7.86. The summed E-state index contributed by atoms with van der Waals surface area (Å²) in [5.41, 5.74) is 5.81. The van der Waals surface area contributed by atoms with E-state index in [-0.39, 0.29) is 22.8 Å². The van der Waals surface area contributed by atoms with Gasteiger partial charge in [0.15, 0.2) is 0 Å².